The highest BCUT2D eigenvalue weighted by Crippen LogP contribution is 2.36. The lowest BCUT2D eigenvalue weighted by atomic mass is 10.1. The van der Waals surface area contributed by atoms with Crippen LogP contribution in [0, 0.1) is 5.82 Å². The van der Waals surface area contributed by atoms with Crippen LogP contribution in [0.4, 0.5) is 15.8 Å². The van der Waals surface area contributed by atoms with Crippen LogP contribution >= 0.6 is 0 Å². The molecule has 2 aromatic rings. The van der Waals surface area contributed by atoms with E-state index in [1.807, 2.05) is 19.0 Å². The Morgan fingerprint density at radius 3 is 2.74 bits per heavy atom. The number of rotatable bonds is 5. The van der Waals surface area contributed by atoms with Gasteiger partial charge in [0, 0.05) is 30.4 Å². The number of nitrogens with one attached hydrogen (secondary N) is 1. The molecule has 6 nitrogen and oxygen atoms in total. The summed E-state index contributed by atoms with van der Waals surface area (Å²) in [5.74, 6) is -0.460. The van der Waals surface area contributed by atoms with Crippen LogP contribution in [0.25, 0.3) is 0 Å². The van der Waals surface area contributed by atoms with Crippen molar-refractivity contribution in [3.05, 3.63) is 53.8 Å². The van der Waals surface area contributed by atoms with E-state index >= 15 is 0 Å². The predicted molar refractivity (Wildman–Crippen MR) is 102 cm³/mol. The van der Waals surface area contributed by atoms with Gasteiger partial charge in [-0.15, -0.1) is 0 Å². The Morgan fingerprint density at radius 1 is 1.26 bits per heavy atom. The van der Waals surface area contributed by atoms with Crippen LogP contribution in [-0.4, -0.2) is 50.0 Å². The van der Waals surface area contributed by atoms with Gasteiger partial charge >= 0.3 is 0 Å². The van der Waals surface area contributed by atoms with Gasteiger partial charge < -0.3 is 19.9 Å². The normalized spacial score (nSPS) is 16.1. The number of nitrogens with zero attached hydrogens (tertiary/aromatic N) is 2. The van der Waals surface area contributed by atoms with Crippen LogP contribution in [-0.2, 0) is 4.79 Å². The molecule has 0 saturated carbocycles. The largest absolute Gasteiger partial charge is 0.479 e. The minimum atomic E-state index is -0.603. The standard InChI is InChI=1S/C20H22FN3O3/c1-13-20(26)24(10-9-23(2)3)17-8-7-16(12-18(17)27-13)22-19(25)14-5-4-6-15(21)11-14/h4-8,11-13H,9-10H2,1-3H3,(H,22,25). The van der Waals surface area contributed by atoms with Gasteiger partial charge in [-0.1, -0.05) is 6.07 Å². The molecule has 27 heavy (non-hydrogen) atoms. The average molecular weight is 371 g/mol. The van der Waals surface area contributed by atoms with E-state index < -0.39 is 17.8 Å². The molecule has 0 spiro atoms. The summed E-state index contributed by atoms with van der Waals surface area (Å²) in [5.41, 5.74) is 1.41. The van der Waals surface area contributed by atoms with E-state index in [-0.39, 0.29) is 11.5 Å². The molecule has 142 valence electrons. The second-order valence-corrected chi connectivity index (χ2v) is 6.70. The number of likely N-dealkylation sites (N-methyl/N-ethyl adjacent to an activating group) is 1. The summed E-state index contributed by atoms with van der Waals surface area (Å²) in [6, 6.07) is 10.6. The number of ether oxygens (including phenoxy) is 1. The van der Waals surface area contributed by atoms with Gasteiger partial charge in [0.05, 0.1) is 5.69 Å². The minimum absolute atomic E-state index is 0.0964. The van der Waals surface area contributed by atoms with E-state index in [1.54, 1.807) is 30.0 Å². The molecule has 0 saturated heterocycles. The zero-order valence-electron chi connectivity index (χ0n) is 15.5. The fraction of sp³-hybridized carbons (Fsp3) is 0.300. The van der Waals surface area contributed by atoms with Crippen molar-refractivity contribution in [3.8, 4) is 5.75 Å². The lowest BCUT2D eigenvalue weighted by Gasteiger charge is -2.34. The van der Waals surface area contributed by atoms with Gasteiger partial charge in [0.15, 0.2) is 6.10 Å². The zero-order chi connectivity index (χ0) is 19.6. The summed E-state index contributed by atoms with van der Waals surface area (Å²) < 4.78 is 19.0. The second-order valence-electron chi connectivity index (χ2n) is 6.70. The highest BCUT2D eigenvalue weighted by molar-refractivity contribution is 6.05. The molecule has 0 aromatic heterocycles. The van der Waals surface area contributed by atoms with E-state index in [1.165, 1.54) is 24.3 Å². The van der Waals surface area contributed by atoms with E-state index in [0.29, 0.717) is 23.7 Å². The monoisotopic (exact) mass is 371 g/mol. The maximum absolute atomic E-state index is 13.3. The Kier molecular flexibility index (Phi) is 5.41. The van der Waals surface area contributed by atoms with Crippen molar-refractivity contribution in [2.45, 2.75) is 13.0 Å². The molecule has 1 heterocycles. The van der Waals surface area contributed by atoms with Crippen LogP contribution in [0.3, 0.4) is 0 Å². The maximum Gasteiger partial charge on any atom is 0.267 e. The number of carbonyl (C=O) groups excluding carboxylic acids is 2. The van der Waals surface area contributed by atoms with Crippen LogP contribution in [0.15, 0.2) is 42.5 Å². The Bertz CT molecular complexity index is 869. The zero-order valence-corrected chi connectivity index (χ0v) is 15.5. The summed E-state index contributed by atoms with van der Waals surface area (Å²) in [5, 5.41) is 2.73. The van der Waals surface area contributed by atoms with Crippen molar-refractivity contribution in [1.82, 2.24) is 4.90 Å². The highest BCUT2D eigenvalue weighted by atomic mass is 19.1. The lowest BCUT2D eigenvalue weighted by molar-refractivity contribution is -0.125. The van der Waals surface area contributed by atoms with Crippen LogP contribution < -0.4 is 15.0 Å². The molecular weight excluding hydrogens is 349 g/mol. The molecule has 0 aliphatic carbocycles. The topological polar surface area (TPSA) is 61.9 Å². The number of halogens is 1. The summed E-state index contributed by atoms with van der Waals surface area (Å²) in [4.78, 5) is 28.5. The molecule has 0 fully saturated rings. The average Bonchev–Trinajstić information content (AvgIpc) is 2.62. The van der Waals surface area contributed by atoms with Crippen LogP contribution in [0.1, 0.15) is 17.3 Å². The molecule has 1 aliphatic heterocycles. The van der Waals surface area contributed by atoms with Crippen molar-refractivity contribution in [3.63, 3.8) is 0 Å². The van der Waals surface area contributed by atoms with E-state index in [0.717, 1.165) is 6.54 Å². The van der Waals surface area contributed by atoms with Crippen molar-refractivity contribution >= 4 is 23.2 Å². The lowest BCUT2D eigenvalue weighted by Crippen LogP contribution is -2.46. The van der Waals surface area contributed by atoms with Gasteiger partial charge in [0.25, 0.3) is 11.8 Å². The SMILES string of the molecule is CC1Oc2cc(NC(=O)c3cccc(F)c3)ccc2N(CCN(C)C)C1=O. The van der Waals surface area contributed by atoms with Gasteiger partial charge in [-0.2, -0.15) is 0 Å². The molecule has 3 rings (SSSR count). The first-order chi connectivity index (χ1) is 12.8. The summed E-state index contributed by atoms with van der Waals surface area (Å²) >= 11 is 0. The van der Waals surface area contributed by atoms with E-state index in [4.69, 9.17) is 4.74 Å². The third-order valence-corrected chi connectivity index (χ3v) is 4.28. The quantitative estimate of drug-likeness (QED) is 0.878. The molecule has 1 aliphatic rings. The third-order valence-electron chi connectivity index (χ3n) is 4.28. The smallest absolute Gasteiger partial charge is 0.267 e. The molecule has 1 N–H and O–H groups in total. The number of carbonyl (C=O) groups is 2. The Hall–Kier alpha value is -2.93. The van der Waals surface area contributed by atoms with Gasteiger partial charge in [-0.05, 0) is 51.4 Å². The molecular formula is C20H22FN3O3. The predicted octanol–water partition coefficient (Wildman–Crippen LogP) is 2.75. The first kappa shape index (κ1) is 18.8. The van der Waals surface area contributed by atoms with E-state index in [9.17, 15) is 14.0 Å². The van der Waals surface area contributed by atoms with Crippen LogP contribution in [0.2, 0.25) is 0 Å². The minimum Gasteiger partial charge on any atom is -0.479 e. The van der Waals surface area contributed by atoms with Gasteiger partial charge in [-0.3, -0.25) is 9.59 Å². The molecule has 2 amide bonds. The maximum atomic E-state index is 13.3. The summed E-state index contributed by atoms with van der Waals surface area (Å²) in [6.45, 7) is 2.96. The first-order valence-electron chi connectivity index (χ1n) is 8.69. The summed E-state index contributed by atoms with van der Waals surface area (Å²) in [6.07, 6.45) is -0.603. The van der Waals surface area contributed by atoms with Gasteiger partial charge in [0.1, 0.15) is 11.6 Å². The van der Waals surface area contributed by atoms with Crippen molar-refractivity contribution < 1.29 is 18.7 Å². The van der Waals surface area contributed by atoms with Crippen molar-refractivity contribution in [2.24, 2.45) is 0 Å². The van der Waals surface area contributed by atoms with Crippen LogP contribution in [0.5, 0.6) is 5.75 Å². The number of hydrogen-bond donors (Lipinski definition) is 1. The first-order valence-corrected chi connectivity index (χ1v) is 8.69. The highest BCUT2D eigenvalue weighted by Gasteiger charge is 2.31. The Balaban J connectivity index is 1.82. The molecule has 1 atom stereocenters. The Morgan fingerprint density at radius 2 is 2.04 bits per heavy atom. The second kappa shape index (κ2) is 7.75. The van der Waals surface area contributed by atoms with Gasteiger partial charge in [-0.25, -0.2) is 4.39 Å². The number of hydrogen-bond acceptors (Lipinski definition) is 4. The number of benzene rings is 2. The van der Waals surface area contributed by atoms with Crippen molar-refractivity contribution in [2.75, 3.05) is 37.4 Å². The molecule has 7 heteroatoms. The third kappa shape index (κ3) is 4.25. The van der Waals surface area contributed by atoms with Gasteiger partial charge in [0.2, 0.25) is 0 Å². The number of anilines is 2. The fourth-order valence-corrected chi connectivity index (χ4v) is 2.85. The molecule has 0 bridgehead atoms. The van der Waals surface area contributed by atoms with Crippen molar-refractivity contribution in [1.29, 1.82) is 0 Å². The number of fused-ring (bicyclic) bond motifs is 1. The van der Waals surface area contributed by atoms with E-state index in [2.05, 4.69) is 5.32 Å². The number of amides is 2. The molecule has 1 unspecified atom stereocenters. The summed E-state index contributed by atoms with van der Waals surface area (Å²) in [7, 11) is 3.89. The fourth-order valence-electron chi connectivity index (χ4n) is 2.85. The molecule has 0 radical (unpaired) electrons. The Labute approximate surface area is 157 Å². The molecule has 2 aromatic carbocycles.